The van der Waals surface area contributed by atoms with Crippen molar-refractivity contribution in [3.05, 3.63) is 58.6 Å². The van der Waals surface area contributed by atoms with Crippen molar-refractivity contribution in [2.45, 2.75) is 20.0 Å². The van der Waals surface area contributed by atoms with Crippen LogP contribution in [0.2, 0.25) is 5.02 Å². The minimum absolute atomic E-state index is 0.0434. The van der Waals surface area contributed by atoms with E-state index in [-0.39, 0.29) is 22.4 Å². The molecule has 0 fully saturated rings. The van der Waals surface area contributed by atoms with Crippen molar-refractivity contribution >= 4 is 29.2 Å². The summed E-state index contributed by atoms with van der Waals surface area (Å²) >= 11 is 5.78. The van der Waals surface area contributed by atoms with Crippen LogP contribution in [0.3, 0.4) is 0 Å². The van der Waals surface area contributed by atoms with E-state index in [9.17, 15) is 9.59 Å². The van der Waals surface area contributed by atoms with Crippen molar-refractivity contribution in [3.63, 3.8) is 0 Å². The molecule has 120 valence electrons. The van der Waals surface area contributed by atoms with Crippen LogP contribution >= 0.6 is 11.6 Å². The van der Waals surface area contributed by atoms with Gasteiger partial charge in [0.25, 0.3) is 5.91 Å². The second kappa shape index (κ2) is 7.15. The number of carboxylic acids is 1. The summed E-state index contributed by atoms with van der Waals surface area (Å²) in [6, 6.07) is 10.9. The van der Waals surface area contributed by atoms with Gasteiger partial charge in [-0.05, 0) is 56.3 Å². The molecule has 0 atom stereocenters. The van der Waals surface area contributed by atoms with Gasteiger partial charge in [0.05, 0.1) is 17.4 Å². The molecule has 2 aromatic carbocycles. The van der Waals surface area contributed by atoms with E-state index < -0.39 is 11.9 Å². The number of carbonyl (C=O) groups is 2. The van der Waals surface area contributed by atoms with Gasteiger partial charge in [-0.25, -0.2) is 4.79 Å². The maximum absolute atomic E-state index is 12.2. The predicted molar refractivity (Wildman–Crippen MR) is 88.6 cm³/mol. The topological polar surface area (TPSA) is 75.6 Å². The number of aromatic carboxylic acids is 1. The van der Waals surface area contributed by atoms with Crippen molar-refractivity contribution in [2.24, 2.45) is 0 Å². The molecule has 6 heteroatoms. The number of anilines is 1. The summed E-state index contributed by atoms with van der Waals surface area (Å²) in [5.41, 5.74) is 0.521. The molecule has 2 aromatic rings. The fraction of sp³-hybridized carbons (Fsp3) is 0.176. The first-order valence-electron chi connectivity index (χ1n) is 6.97. The normalized spacial score (nSPS) is 10.4. The van der Waals surface area contributed by atoms with E-state index in [1.54, 1.807) is 24.3 Å². The fourth-order valence-corrected chi connectivity index (χ4v) is 2.13. The highest BCUT2D eigenvalue weighted by Gasteiger charge is 2.14. The number of benzene rings is 2. The lowest BCUT2D eigenvalue weighted by Gasteiger charge is -2.11. The van der Waals surface area contributed by atoms with E-state index >= 15 is 0 Å². The van der Waals surface area contributed by atoms with Gasteiger partial charge < -0.3 is 15.2 Å². The highest BCUT2D eigenvalue weighted by Crippen LogP contribution is 2.22. The maximum Gasteiger partial charge on any atom is 0.337 e. The molecule has 2 rings (SSSR count). The summed E-state index contributed by atoms with van der Waals surface area (Å²) in [6.45, 7) is 3.82. The molecule has 0 aliphatic heterocycles. The average molecular weight is 334 g/mol. The molecule has 0 spiro atoms. The summed E-state index contributed by atoms with van der Waals surface area (Å²) < 4.78 is 5.51. The van der Waals surface area contributed by atoms with E-state index in [4.69, 9.17) is 21.4 Å². The first-order valence-corrected chi connectivity index (χ1v) is 7.35. The molecule has 0 aliphatic rings. The van der Waals surface area contributed by atoms with E-state index in [1.807, 2.05) is 13.8 Å². The standard InChI is InChI=1S/C17H16ClNO4/c1-10(2)23-13-6-3-11(4-7-13)16(20)19-15-8-5-12(18)9-14(15)17(21)22/h3-10H,1-2H3,(H,19,20)(H,21,22). The molecule has 0 saturated carbocycles. The number of hydrogen-bond acceptors (Lipinski definition) is 3. The van der Waals surface area contributed by atoms with Crippen LogP contribution in [0.4, 0.5) is 5.69 Å². The van der Waals surface area contributed by atoms with Crippen LogP contribution in [0.15, 0.2) is 42.5 Å². The first-order chi connectivity index (χ1) is 10.9. The van der Waals surface area contributed by atoms with Crippen molar-refractivity contribution < 1.29 is 19.4 Å². The molecule has 0 unspecified atom stereocenters. The Kier molecular flexibility index (Phi) is 5.24. The van der Waals surface area contributed by atoms with Crippen LogP contribution in [0.5, 0.6) is 5.75 Å². The van der Waals surface area contributed by atoms with Crippen LogP contribution in [0.1, 0.15) is 34.6 Å². The van der Waals surface area contributed by atoms with E-state index in [1.165, 1.54) is 18.2 Å². The number of nitrogens with one attached hydrogen (secondary N) is 1. The lowest BCUT2D eigenvalue weighted by molar-refractivity contribution is 0.0698. The summed E-state index contributed by atoms with van der Waals surface area (Å²) in [5.74, 6) is -0.913. The summed E-state index contributed by atoms with van der Waals surface area (Å²) in [7, 11) is 0. The van der Waals surface area contributed by atoms with E-state index in [0.29, 0.717) is 11.3 Å². The van der Waals surface area contributed by atoms with Crippen molar-refractivity contribution in [1.82, 2.24) is 0 Å². The summed E-state index contributed by atoms with van der Waals surface area (Å²) in [5, 5.41) is 12.0. The zero-order valence-electron chi connectivity index (χ0n) is 12.7. The number of rotatable bonds is 5. The van der Waals surface area contributed by atoms with E-state index in [2.05, 4.69) is 5.32 Å². The summed E-state index contributed by atoms with van der Waals surface area (Å²) in [6.07, 6.45) is 0.0434. The highest BCUT2D eigenvalue weighted by atomic mass is 35.5. The van der Waals surface area contributed by atoms with Crippen LogP contribution in [-0.4, -0.2) is 23.1 Å². The third-order valence-corrected chi connectivity index (χ3v) is 3.18. The number of halogens is 1. The zero-order valence-corrected chi connectivity index (χ0v) is 13.4. The molecule has 23 heavy (non-hydrogen) atoms. The molecule has 0 saturated heterocycles. The van der Waals surface area contributed by atoms with Gasteiger partial charge in [0.2, 0.25) is 0 Å². The molecule has 0 bridgehead atoms. The molecule has 0 heterocycles. The quantitative estimate of drug-likeness (QED) is 0.864. The Labute approximate surface area is 138 Å². The van der Waals surface area contributed by atoms with Crippen LogP contribution in [0.25, 0.3) is 0 Å². The first kappa shape index (κ1) is 16.8. The van der Waals surface area contributed by atoms with Gasteiger partial charge in [0.15, 0.2) is 0 Å². The van der Waals surface area contributed by atoms with Gasteiger partial charge in [-0.2, -0.15) is 0 Å². The lowest BCUT2D eigenvalue weighted by atomic mass is 10.1. The lowest BCUT2D eigenvalue weighted by Crippen LogP contribution is -2.15. The maximum atomic E-state index is 12.2. The van der Waals surface area contributed by atoms with Gasteiger partial charge in [-0.3, -0.25) is 4.79 Å². The van der Waals surface area contributed by atoms with Crippen molar-refractivity contribution in [2.75, 3.05) is 5.32 Å². The largest absolute Gasteiger partial charge is 0.491 e. The Bertz CT molecular complexity index is 726. The fourth-order valence-electron chi connectivity index (χ4n) is 1.95. The van der Waals surface area contributed by atoms with Crippen LogP contribution < -0.4 is 10.1 Å². The monoisotopic (exact) mass is 333 g/mol. The summed E-state index contributed by atoms with van der Waals surface area (Å²) in [4.78, 5) is 23.4. The molecule has 0 radical (unpaired) electrons. The SMILES string of the molecule is CC(C)Oc1ccc(C(=O)Nc2ccc(Cl)cc2C(=O)O)cc1. The Morgan fingerprint density at radius 2 is 1.78 bits per heavy atom. The Morgan fingerprint density at radius 1 is 1.13 bits per heavy atom. The van der Waals surface area contributed by atoms with Crippen LogP contribution in [-0.2, 0) is 0 Å². The molecular weight excluding hydrogens is 318 g/mol. The smallest absolute Gasteiger partial charge is 0.337 e. The third-order valence-electron chi connectivity index (χ3n) is 2.95. The minimum atomic E-state index is -1.16. The number of carboxylic acid groups (broad SMARTS) is 1. The van der Waals surface area contributed by atoms with Crippen molar-refractivity contribution in [1.29, 1.82) is 0 Å². The Balaban J connectivity index is 2.18. The van der Waals surface area contributed by atoms with Gasteiger partial charge >= 0.3 is 5.97 Å². The third kappa shape index (κ3) is 4.47. The van der Waals surface area contributed by atoms with Crippen LogP contribution in [0, 0.1) is 0 Å². The second-order valence-electron chi connectivity index (χ2n) is 5.14. The average Bonchev–Trinajstić information content (AvgIpc) is 2.49. The molecule has 5 nitrogen and oxygen atoms in total. The van der Waals surface area contributed by atoms with Gasteiger partial charge in [-0.1, -0.05) is 11.6 Å². The number of ether oxygens (including phenoxy) is 1. The molecule has 0 aliphatic carbocycles. The van der Waals surface area contributed by atoms with Gasteiger partial charge in [0.1, 0.15) is 5.75 Å². The Hall–Kier alpha value is -2.53. The minimum Gasteiger partial charge on any atom is -0.491 e. The number of hydrogen-bond donors (Lipinski definition) is 2. The second-order valence-corrected chi connectivity index (χ2v) is 5.58. The molecule has 0 aromatic heterocycles. The highest BCUT2D eigenvalue weighted by molar-refractivity contribution is 6.31. The molecule has 1 amide bonds. The Morgan fingerprint density at radius 3 is 2.35 bits per heavy atom. The number of amides is 1. The zero-order chi connectivity index (χ0) is 17.0. The van der Waals surface area contributed by atoms with E-state index in [0.717, 1.165) is 0 Å². The predicted octanol–water partition coefficient (Wildman–Crippen LogP) is 4.08. The number of carbonyl (C=O) groups excluding carboxylic acids is 1. The van der Waals surface area contributed by atoms with Crippen molar-refractivity contribution in [3.8, 4) is 5.75 Å². The van der Waals surface area contributed by atoms with Gasteiger partial charge in [-0.15, -0.1) is 0 Å². The molecular formula is C17H16ClNO4. The molecule has 2 N–H and O–H groups in total. The van der Waals surface area contributed by atoms with Gasteiger partial charge in [0, 0.05) is 10.6 Å².